The summed E-state index contributed by atoms with van der Waals surface area (Å²) in [6.07, 6.45) is 4.02. The average Bonchev–Trinajstić information content (AvgIpc) is 3.17. The van der Waals surface area contributed by atoms with E-state index < -0.39 is 0 Å². The minimum Gasteiger partial charge on any atom is -0.497 e. The van der Waals surface area contributed by atoms with Crippen molar-refractivity contribution in [1.82, 2.24) is 9.88 Å². The Balaban J connectivity index is 1.46. The van der Waals surface area contributed by atoms with Gasteiger partial charge in [0.2, 0.25) is 0 Å². The molecule has 1 saturated heterocycles. The van der Waals surface area contributed by atoms with Gasteiger partial charge in [0.05, 0.1) is 19.3 Å². The monoisotopic (exact) mass is 364 g/mol. The van der Waals surface area contributed by atoms with Crippen LogP contribution in [0.25, 0.3) is 22.4 Å². The highest BCUT2D eigenvalue weighted by atomic mass is 32.1. The van der Waals surface area contributed by atoms with Crippen molar-refractivity contribution in [1.29, 1.82) is 0 Å². The first kappa shape index (κ1) is 17.3. The topological polar surface area (TPSA) is 25.4 Å². The molecule has 0 N–H and O–H groups in total. The zero-order valence-electron chi connectivity index (χ0n) is 15.1. The first-order valence-corrected chi connectivity index (χ1v) is 10.1. The molecule has 0 amide bonds. The van der Waals surface area contributed by atoms with Crippen LogP contribution in [0.2, 0.25) is 0 Å². The molecule has 4 rings (SSSR count). The summed E-state index contributed by atoms with van der Waals surface area (Å²) in [5.41, 5.74) is 4.67. The lowest BCUT2D eigenvalue weighted by Gasteiger charge is -2.25. The predicted octanol–water partition coefficient (Wildman–Crippen LogP) is 5.47. The van der Waals surface area contributed by atoms with Crippen molar-refractivity contribution < 1.29 is 4.74 Å². The zero-order chi connectivity index (χ0) is 17.8. The van der Waals surface area contributed by atoms with Crippen molar-refractivity contribution in [2.24, 2.45) is 0 Å². The van der Waals surface area contributed by atoms with Crippen LogP contribution in [0.4, 0.5) is 0 Å². The van der Waals surface area contributed by atoms with Crippen LogP contribution in [0.1, 0.15) is 24.3 Å². The summed E-state index contributed by atoms with van der Waals surface area (Å²) in [7, 11) is 1.69. The molecule has 0 unspecified atom stereocenters. The van der Waals surface area contributed by atoms with Crippen LogP contribution >= 0.6 is 11.3 Å². The summed E-state index contributed by atoms with van der Waals surface area (Å²) >= 11 is 1.78. The van der Waals surface area contributed by atoms with Crippen LogP contribution in [0, 0.1) is 0 Å². The van der Waals surface area contributed by atoms with Gasteiger partial charge in [0.15, 0.2) is 0 Å². The minimum absolute atomic E-state index is 0.883. The molecule has 1 aliphatic heterocycles. The van der Waals surface area contributed by atoms with Gasteiger partial charge in [-0.15, -0.1) is 11.3 Å². The fourth-order valence-corrected chi connectivity index (χ4v) is 4.29. The van der Waals surface area contributed by atoms with E-state index in [1.54, 1.807) is 18.4 Å². The molecule has 1 aromatic heterocycles. The number of ether oxygens (including phenoxy) is 1. The Bertz CT molecular complexity index is 833. The van der Waals surface area contributed by atoms with E-state index in [0.29, 0.717) is 0 Å². The van der Waals surface area contributed by atoms with E-state index in [2.05, 4.69) is 46.7 Å². The van der Waals surface area contributed by atoms with Crippen LogP contribution in [0.5, 0.6) is 5.75 Å². The maximum Gasteiger partial charge on any atom is 0.118 e. The summed E-state index contributed by atoms with van der Waals surface area (Å²) in [6.45, 7) is 3.42. The zero-order valence-corrected chi connectivity index (χ0v) is 16.0. The van der Waals surface area contributed by atoms with Crippen LogP contribution < -0.4 is 4.74 Å². The molecule has 0 saturated carbocycles. The number of likely N-dealkylation sites (tertiary alicyclic amines) is 1. The summed E-state index contributed by atoms with van der Waals surface area (Å²) in [5, 5.41) is 3.41. The molecule has 134 valence electrons. The molecular weight excluding hydrogens is 340 g/mol. The van der Waals surface area contributed by atoms with E-state index in [-0.39, 0.29) is 0 Å². The number of hydrogen-bond acceptors (Lipinski definition) is 4. The van der Waals surface area contributed by atoms with Crippen molar-refractivity contribution in [2.45, 2.75) is 25.8 Å². The van der Waals surface area contributed by atoms with Crippen molar-refractivity contribution in [3.63, 3.8) is 0 Å². The number of methoxy groups -OCH3 is 1. The lowest BCUT2D eigenvalue weighted by atomic mass is 10.0. The van der Waals surface area contributed by atoms with E-state index in [1.165, 1.54) is 54.0 Å². The van der Waals surface area contributed by atoms with Gasteiger partial charge in [0.25, 0.3) is 0 Å². The molecule has 3 nitrogen and oxygen atoms in total. The highest BCUT2D eigenvalue weighted by molar-refractivity contribution is 7.09. The van der Waals surface area contributed by atoms with Gasteiger partial charge in [0.1, 0.15) is 10.8 Å². The lowest BCUT2D eigenvalue weighted by molar-refractivity contribution is 0.220. The van der Waals surface area contributed by atoms with E-state index in [0.717, 1.165) is 18.0 Å². The fraction of sp³-hybridized carbons (Fsp3) is 0.318. The Kier molecular flexibility index (Phi) is 5.32. The summed E-state index contributed by atoms with van der Waals surface area (Å²) in [4.78, 5) is 7.39. The second-order valence-electron chi connectivity index (χ2n) is 6.77. The normalized spacial score (nSPS) is 15.1. The Morgan fingerprint density at radius 2 is 1.50 bits per heavy atom. The Labute approximate surface area is 159 Å². The van der Waals surface area contributed by atoms with Crippen LogP contribution in [-0.4, -0.2) is 30.1 Å². The average molecular weight is 365 g/mol. The smallest absolute Gasteiger partial charge is 0.118 e. The second-order valence-corrected chi connectivity index (χ2v) is 7.71. The van der Waals surface area contributed by atoms with Crippen molar-refractivity contribution in [3.8, 4) is 28.1 Å². The van der Waals surface area contributed by atoms with Gasteiger partial charge in [-0.1, -0.05) is 42.8 Å². The quantitative estimate of drug-likeness (QED) is 0.600. The first-order chi connectivity index (χ1) is 12.8. The summed E-state index contributed by atoms with van der Waals surface area (Å²) < 4.78 is 5.23. The third-order valence-electron chi connectivity index (χ3n) is 4.96. The van der Waals surface area contributed by atoms with Gasteiger partial charge in [-0.25, -0.2) is 4.98 Å². The highest BCUT2D eigenvalue weighted by Crippen LogP contribution is 2.27. The molecule has 4 heteroatoms. The first-order valence-electron chi connectivity index (χ1n) is 9.23. The summed E-state index contributed by atoms with van der Waals surface area (Å²) in [6, 6.07) is 16.8. The fourth-order valence-electron chi connectivity index (χ4n) is 3.44. The number of nitrogens with zero attached hydrogens (tertiary/aromatic N) is 2. The molecule has 0 aliphatic carbocycles. The van der Waals surface area contributed by atoms with Crippen LogP contribution in [0.15, 0.2) is 53.9 Å². The molecule has 2 heterocycles. The van der Waals surface area contributed by atoms with E-state index >= 15 is 0 Å². The molecule has 1 fully saturated rings. The van der Waals surface area contributed by atoms with Gasteiger partial charge < -0.3 is 4.74 Å². The van der Waals surface area contributed by atoms with Crippen molar-refractivity contribution in [3.05, 3.63) is 58.9 Å². The maximum absolute atomic E-state index is 5.23. The number of thiazole rings is 1. The Morgan fingerprint density at radius 3 is 2.15 bits per heavy atom. The van der Waals surface area contributed by atoms with Crippen LogP contribution in [0.3, 0.4) is 0 Å². The SMILES string of the molecule is COc1ccc(-c2ccc(-c3csc(CN4CCCCC4)n3)cc2)cc1. The molecule has 2 aromatic carbocycles. The maximum atomic E-state index is 5.23. The van der Waals surface area contributed by atoms with Gasteiger partial charge >= 0.3 is 0 Å². The highest BCUT2D eigenvalue weighted by Gasteiger charge is 2.13. The molecule has 3 aromatic rings. The molecule has 0 spiro atoms. The largest absolute Gasteiger partial charge is 0.497 e. The van der Waals surface area contributed by atoms with Gasteiger partial charge in [-0.3, -0.25) is 4.90 Å². The van der Waals surface area contributed by atoms with E-state index in [1.807, 2.05) is 12.1 Å². The number of aromatic nitrogens is 1. The Hall–Kier alpha value is -2.17. The Morgan fingerprint density at radius 1 is 0.885 bits per heavy atom. The number of piperidine rings is 1. The van der Waals surface area contributed by atoms with Gasteiger partial charge in [-0.2, -0.15) is 0 Å². The third kappa shape index (κ3) is 3.97. The molecule has 0 atom stereocenters. The van der Waals surface area contributed by atoms with Crippen LogP contribution in [-0.2, 0) is 6.54 Å². The lowest BCUT2D eigenvalue weighted by Crippen LogP contribution is -2.28. The number of hydrogen-bond donors (Lipinski definition) is 0. The van der Waals surface area contributed by atoms with Gasteiger partial charge in [-0.05, 0) is 49.2 Å². The standard InChI is InChI=1S/C22H24N2OS/c1-25-20-11-9-18(10-12-20)17-5-7-19(8-6-17)21-16-26-22(23-21)15-24-13-3-2-4-14-24/h5-12,16H,2-4,13-15H2,1H3. The molecule has 1 aliphatic rings. The van der Waals surface area contributed by atoms with E-state index in [4.69, 9.17) is 9.72 Å². The molecule has 26 heavy (non-hydrogen) atoms. The second kappa shape index (κ2) is 8.02. The number of benzene rings is 2. The molecular formula is C22H24N2OS. The predicted molar refractivity (Wildman–Crippen MR) is 109 cm³/mol. The molecule has 0 radical (unpaired) electrons. The van der Waals surface area contributed by atoms with Crippen molar-refractivity contribution >= 4 is 11.3 Å². The summed E-state index contributed by atoms with van der Waals surface area (Å²) in [5.74, 6) is 0.883. The van der Waals surface area contributed by atoms with Crippen molar-refractivity contribution in [2.75, 3.05) is 20.2 Å². The third-order valence-corrected chi connectivity index (χ3v) is 5.80. The minimum atomic E-state index is 0.883. The molecule has 0 bridgehead atoms. The van der Waals surface area contributed by atoms with Gasteiger partial charge in [0, 0.05) is 10.9 Å². The van der Waals surface area contributed by atoms with E-state index in [9.17, 15) is 0 Å². The number of rotatable bonds is 5.